The van der Waals surface area contributed by atoms with Crippen LogP contribution in [0.25, 0.3) is 0 Å². The first-order chi connectivity index (χ1) is 5.25. The summed E-state index contributed by atoms with van der Waals surface area (Å²) in [6.45, 7) is 7.56. The van der Waals surface area contributed by atoms with Crippen molar-refractivity contribution in [3.63, 3.8) is 0 Å². The van der Waals surface area contributed by atoms with Gasteiger partial charge >= 0.3 is 0 Å². The van der Waals surface area contributed by atoms with Gasteiger partial charge in [-0.25, -0.2) is 0 Å². The van der Waals surface area contributed by atoms with Crippen molar-refractivity contribution in [3.05, 3.63) is 42.2 Å². The average molecular weight is 148 g/mol. The van der Waals surface area contributed by atoms with Crippen LogP contribution >= 0.6 is 0 Å². The molecule has 1 aromatic carbocycles. The smallest absolute Gasteiger partial charge is 0.132 e. The topological polar surface area (TPSA) is 9.23 Å². The molecule has 0 atom stereocenters. The number of hydrogen-bond acceptors (Lipinski definition) is 1. The molecule has 0 aromatic heterocycles. The third kappa shape index (κ3) is 1.61. The first-order valence-corrected chi connectivity index (χ1v) is 3.59. The van der Waals surface area contributed by atoms with E-state index in [0.29, 0.717) is 0 Å². The molecule has 0 fully saturated rings. The van der Waals surface area contributed by atoms with Gasteiger partial charge in [-0.1, -0.05) is 24.8 Å². The van der Waals surface area contributed by atoms with Crippen LogP contribution in [0.15, 0.2) is 31.0 Å². The summed E-state index contributed by atoms with van der Waals surface area (Å²) in [4.78, 5) is 0. The molecule has 1 rings (SSSR count). The van der Waals surface area contributed by atoms with E-state index >= 15 is 0 Å². The van der Waals surface area contributed by atoms with Crippen molar-refractivity contribution in [1.82, 2.24) is 0 Å². The molecular weight excluding hydrogens is 136 g/mol. The minimum Gasteiger partial charge on any atom is -0.465 e. The fourth-order valence-corrected chi connectivity index (χ4v) is 1.07. The van der Waals surface area contributed by atoms with Crippen LogP contribution in [0.4, 0.5) is 0 Å². The summed E-state index contributed by atoms with van der Waals surface area (Å²) in [7, 11) is 0. The zero-order valence-electron chi connectivity index (χ0n) is 6.92. The lowest BCUT2D eigenvalue weighted by atomic mass is 10.1. The summed E-state index contributed by atoms with van der Waals surface area (Å²) in [5, 5.41) is 0. The largest absolute Gasteiger partial charge is 0.465 e. The van der Waals surface area contributed by atoms with Crippen LogP contribution in [0, 0.1) is 13.8 Å². The molecule has 11 heavy (non-hydrogen) atoms. The lowest BCUT2D eigenvalue weighted by Gasteiger charge is -2.06. The quantitative estimate of drug-likeness (QED) is 0.586. The van der Waals surface area contributed by atoms with E-state index in [1.54, 1.807) is 0 Å². The first kappa shape index (κ1) is 7.86. The maximum atomic E-state index is 5.23. The molecule has 0 saturated carbocycles. The summed E-state index contributed by atoms with van der Waals surface area (Å²) in [5.41, 5.74) is 2.29. The predicted octanol–water partition coefficient (Wildman–Crippen LogP) is 2.83. The molecule has 0 amide bonds. The van der Waals surface area contributed by atoms with Gasteiger partial charge in [-0.3, -0.25) is 0 Å². The Balaban J connectivity index is 3.09. The highest BCUT2D eigenvalue weighted by molar-refractivity contribution is 5.40. The van der Waals surface area contributed by atoms with Gasteiger partial charge in [0.25, 0.3) is 0 Å². The Labute approximate surface area is 67.3 Å². The normalized spacial score (nSPS) is 9.27. The third-order valence-corrected chi connectivity index (χ3v) is 1.61. The number of para-hydroxylation sites is 1. The third-order valence-electron chi connectivity index (χ3n) is 1.61. The highest BCUT2D eigenvalue weighted by Gasteiger charge is 1.99. The average Bonchev–Trinajstić information content (AvgIpc) is 1.97. The van der Waals surface area contributed by atoms with Crippen LogP contribution in [-0.2, 0) is 0 Å². The summed E-state index contributed by atoms with van der Waals surface area (Å²) < 4.78 is 5.23. The summed E-state index contributed by atoms with van der Waals surface area (Å²) in [5.74, 6) is 0.919. The van der Waals surface area contributed by atoms with E-state index in [0.717, 1.165) is 16.9 Å². The second-order valence-electron chi connectivity index (χ2n) is 2.51. The highest BCUT2D eigenvalue weighted by Crippen LogP contribution is 2.21. The molecule has 0 N–H and O–H groups in total. The van der Waals surface area contributed by atoms with Gasteiger partial charge in [0.1, 0.15) is 5.75 Å². The molecule has 1 nitrogen and oxygen atoms in total. The zero-order valence-corrected chi connectivity index (χ0v) is 6.92. The molecule has 0 aliphatic rings. The molecule has 1 aromatic rings. The number of ether oxygens (including phenoxy) is 1. The van der Waals surface area contributed by atoms with Crippen molar-refractivity contribution >= 4 is 0 Å². The molecule has 1 heteroatoms. The first-order valence-electron chi connectivity index (χ1n) is 3.59. The van der Waals surface area contributed by atoms with Gasteiger partial charge in [-0.15, -0.1) is 0 Å². The van der Waals surface area contributed by atoms with Gasteiger partial charge in [0.15, 0.2) is 0 Å². The summed E-state index contributed by atoms with van der Waals surface area (Å²) in [6.07, 6.45) is 1.45. The molecule has 0 saturated heterocycles. The van der Waals surface area contributed by atoms with Gasteiger partial charge in [0.05, 0.1) is 6.26 Å². The number of aryl methyl sites for hydroxylation is 2. The molecule has 0 heterocycles. The highest BCUT2D eigenvalue weighted by atomic mass is 16.5. The molecule has 0 radical (unpaired) electrons. The van der Waals surface area contributed by atoms with E-state index in [4.69, 9.17) is 4.74 Å². The van der Waals surface area contributed by atoms with Crippen molar-refractivity contribution < 1.29 is 4.74 Å². The molecular formula is C10H12O. The molecule has 0 spiro atoms. The Morgan fingerprint density at radius 2 is 1.82 bits per heavy atom. The van der Waals surface area contributed by atoms with Crippen molar-refractivity contribution in [3.8, 4) is 5.75 Å². The Bertz CT molecular complexity index is 243. The molecule has 0 unspecified atom stereocenters. The van der Waals surface area contributed by atoms with E-state index in [2.05, 4.69) is 6.58 Å². The SMILES string of the molecule is C=COc1c(C)cccc1C. The second kappa shape index (κ2) is 3.24. The van der Waals surface area contributed by atoms with Crippen LogP contribution in [0.1, 0.15) is 11.1 Å². The van der Waals surface area contributed by atoms with Crippen molar-refractivity contribution in [2.45, 2.75) is 13.8 Å². The number of hydrogen-bond donors (Lipinski definition) is 0. The van der Waals surface area contributed by atoms with Crippen molar-refractivity contribution in [2.75, 3.05) is 0 Å². The van der Waals surface area contributed by atoms with Crippen LogP contribution in [0.5, 0.6) is 5.75 Å². The van der Waals surface area contributed by atoms with Crippen molar-refractivity contribution in [1.29, 1.82) is 0 Å². The van der Waals surface area contributed by atoms with Gasteiger partial charge in [-0.2, -0.15) is 0 Å². The molecule has 58 valence electrons. The van der Waals surface area contributed by atoms with Crippen molar-refractivity contribution in [2.24, 2.45) is 0 Å². The van der Waals surface area contributed by atoms with Crippen LogP contribution in [-0.4, -0.2) is 0 Å². The summed E-state index contributed by atoms with van der Waals surface area (Å²) >= 11 is 0. The Morgan fingerprint density at radius 1 is 1.27 bits per heavy atom. The Kier molecular flexibility index (Phi) is 2.32. The zero-order chi connectivity index (χ0) is 8.27. The van der Waals surface area contributed by atoms with Gasteiger partial charge in [0.2, 0.25) is 0 Å². The van der Waals surface area contributed by atoms with Gasteiger partial charge < -0.3 is 4.74 Å². The monoisotopic (exact) mass is 148 g/mol. The van der Waals surface area contributed by atoms with Crippen LogP contribution < -0.4 is 4.74 Å². The van der Waals surface area contributed by atoms with Crippen LogP contribution in [0.3, 0.4) is 0 Å². The van der Waals surface area contributed by atoms with E-state index in [1.807, 2.05) is 32.0 Å². The number of rotatable bonds is 2. The maximum absolute atomic E-state index is 5.23. The van der Waals surface area contributed by atoms with Gasteiger partial charge in [0, 0.05) is 0 Å². The minimum absolute atomic E-state index is 0.919. The van der Waals surface area contributed by atoms with Gasteiger partial charge in [-0.05, 0) is 25.0 Å². The maximum Gasteiger partial charge on any atom is 0.132 e. The Hall–Kier alpha value is -1.24. The lowest BCUT2D eigenvalue weighted by molar-refractivity contribution is 0.476. The fourth-order valence-electron chi connectivity index (χ4n) is 1.07. The van der Waals surface area contributed by atoms with E-state index in [9.17, 15) is 0 Å². The molecule has 0 aliphatic heterocycles. The number of benzene rings is 1. The fraction of sp³-hybridized carbons (Fsp3) is 0.200. The van der Waals surface area contributed by atoms with E-state index in [-0.39, 0.29) is 0 Å². The Morgan fingerprint density at radius 3 is 2.27 bits per heavy atom. The molecule has 0 bridgehead atoms. The lowest BCUT2D eigenvalue weighted by Crippen LogP contribution is -1.88. The van der Waals surface area contributed by atoms with E-state index in [1.165, 1.54) is 6.26 Å². The molecule has 0 aliphatic carbocycles. The van der Waals surface area contributed by atoms with E-state index < -0.39 is 0 Å². The standard InChI is InChI=1S/C10H12O/c1-4-11-10-8(2)6-5-7-9(10)3/h4-7H,1H2,2-3H3. The predicted molar refractivity (Wildman–Crippen MR) is 46.7 cm³/mol. The second-order valence-corrected chi connectivity index (χ2v) is 2.51. The summed E-state index contributed by atoms with van der Waals surface area (Å²) in [6, 6.07) is 6.05. The van der Waals surface area contributed by atoms with Crippen LogP contribution in [0.2, 0.25) is 0 Å². The minimum atomic E-state index is 0.919.